The van der Waals surface area contributed by atoms with Crippen molar-refractivity contribution < 1.29 is 9.53 Å². The Morgan fingerprint density at radius 3 is 2.91 bits per heavy atom. The van der Waals surface area contributed by atoms with Crippen molar-refractivity contribution in [3.8, 4) is 5.75 Å². The van der Waals surface area contributed by atoms with Gasteiger partial charge in [0.25, 0.3) is 0 Å². The quantitative estimate of drug-likeness (QED) is 0.642. The first-order valence-electron chi connectivity index (χ1n) is 8.67. The van der Waals surface area contributed by atoms with E-state index in [0.29, 0.717) is 26.1 Å². The molecule has 1 amide bonds. The van der Waals surface area contributed by atoms with E-state index >= 15 is 0 Å². The summed E-state index contributed by atoms with van der Waals surface area (Å²) < 4.78 is 5.76. The Bertz CT molecular complexity index is 458. The highest BCUT2D eigenvalue weighted by molar-refractivity contribution is 7.10. The molecule has 2 rings (SSSR count). The Kier molecular flexibility index (Phi) is 8.42. The Morgan fingerprint density at radius 1 is 1.30 bits per heavy atom. The zero-order valence-electron chi connectivity index (χ0n) is 13.9. The van der Waals surface area contributed by atoms with Gasteiger partial charge in [0.1, 0.15) is 5.75 Å². The van der Waals surface area contributed by atoms with Gasteiger partial charge in [0, 0.05) is 29.8 Å². The molecule has 0 aromatic carbocycles. The smallest absolute Gasteiger partial charge is 0.220 e. The van der Waals surface area contributed by atoms with Gasteiger partial charge in [-0.05, 0) is 51.4 Å². The van der Waals surface area contributed by atoms with Crippen molar-refractivity contribution in [1.82, 2.24) is 10.2 Å². The van der Waals surface area contributed by atoms with Gasteiger partial charge in [-0.25, -0.2) is 0 Å². The summed E-state index contributed by atoms with van der Waals surface area (Å²) in [4.78, 5) is 15.3. The summed E-state index contributed by atoms with van der Waals surface area (Å²) in [5.41, 5.74) is 5.38. The van der Waals surface area contributed by atoms with Crippen LogP contribution in [0, 0.1) is 0 Å². The largest absolute Gasteiger partial charge is 0.493 e. The molecule has 1 aliphatic heterocycles. The van der Waals surface area contributed by atoms with Crippen molar-refractivity contribution in [3.63, 3.8) is 0 Å². The number of nitrogens with one attached hydrogen (secondary N) is 1. The van der Waals surface area contributed by atoms with E-state index in [1.807, 2.05) is 0 Å². The second-order valence-electron chi connectivity index (χ2n) is 6.03. The average Bonchev–Trinajstić information content (AvgIpc) is 3.01. The first kappa shape index (κ1) is 18.2. The van der Waals surface area contributed by atoms with E-state index in [0.717, 1.165) is 25.1 Å². The van der Waals surface area contributed by atoms with E-state index in [1.54, 1.807) is 11.3 Å². The molecule has 1 saturated heterocycles. The fraction of sp³-hybridized carbons (Fsp3) is 0.706. The molecule has 2 heterocycles. The molecular formula is C17H29N3O2S. The Morgan fingerprint density at radius 2 is 2.13 bits per heavy atom. The lowest BCUT2D eigenvalue weighted by Gasteiger charge is -2.25. The monoisotopic (exact) mass is 339 g/mol. The molecule has 6 heteroatoms. The Hall–Kier alpha value is -1.11. The van der Waals surface area contributed by atoms with E-state index < -0.39 is 0 Å². The van der Waals surface area contributed by atoms with Crippen LogP contribution in [0.5, 0.6) is 5.75 Å². The number of rotatable bonds is 10. The van der Waals surface area contributed by atoms with Crippen LogP contribution in [-0.4, -0.2) is 43.6 Å². The number of ether oxygens (including phenoxy) is 1. The molecule has 0 saturated carbocycles. The molecule has 1 fully saturated rings. The predicted octanol–water partition coefficient (Wildman–Crippen LogP) is 2.36. The summed E-state index contributed by atoms with van der Waals surface area (Å²) >= 11 is 1.77. The topological polar surface area (TPSA) is 67.6 Å². The highest BCUT2D eigenvalue weighted by Gasteiger charge is 2.11. The van der Waals surface area contributed by atoms with Gasteiger partial charge in [-0.15, -0.1) is 11.3 Å². The number of nitrogens with two attached hydrogens (primary N) is 1. The fourth-order valence-electron chi connectivity index (χ4n) is 2.70. The highest BCUT2D eigenvalue weighted by atomic mass is 32.1. The third kappa shape index (κ3) is 7.33. The molecule has 0 unspecified atom stereocenters. The summed E-state index contributed by atoms with van der Waals surface area (Å²) in [6.45, 7) is 5.35. The molecular weight excluding hydrogens is 310 g/mol. The van der Waals surface area contributed by atoms with Gasteiger partial charge in [-0.2, -0.15) is 0 Å². The molecule has 1 aromatic rings. The third-order valence-electron chi connectivity index (χ3n) is 3.98. The lowest BCUT2D eigenvalue weighted by molar-refractivity contribution is -0.121. The Balaban J connectivity index is 1.56. The zero-order valence-corrected chi connectivity index (χ0v) is 14.7. The first-order chi connectivity index (χ1) is 11.3. The van der Waals surface area contributed by atoms with Gasteiger partial charge in [0.05, 0.1) is 6.61 Å². The zero-order chi connectivity index (χ0) is 16.3. The standard InChI is InChI=1S/C17H29N3O2S/c18-7-4-6-17(21)19-8-5-11-22-15-12-16(23-14-15)13-20-9-2-1-3-10-20/h12,14H,1-11,13,18H2,(H,19,21). The number of hydrogen-bond donors (Lipinski definition) is 2. The average molecular weight is 340 g/mol. The van der Waals surface area contributed by atoms with Gasteiger partial charge in [0.2, 0.25) is 5.91 Å². The van der Waals surface area contributed by atoms with E-state index in [1.165, 1.54) is 37.2 Å². The fourth-order valence-corrected chi connectivity index (χ4v) is 3.54. The predicted molar refractivity (Wildman–Crippen MR) is 94.9 cm³/mol. The number of thiophene rings is 1. The van der Waals surface area contributed by atoms with Crippen molar-refractivity contribution in [3.05, 3.63) is 16.3 Å². The molecule has 3 N–H and O–H groups in total. The minimum absolute atomic E-state index is 0.0785. The lowest BCUT2D eigenvalue weighted by Crippen LogP contribution is -2.28. The van der Waals surface area contributed by atoms with Crippen molar-refractivity contribution >= 4 is 17.2 Å². The van der Waals surface area contributed by atoms with Crippen molar-refractivity contribution in [2.75, 3.05) is 32.8 Å². The van der Waals surface area contributed by atoms with Crippen LogP contribution in [0.1, 0.15) is 43.4 Å². The van der Waals surface area contributed by atoms with Crippen molar-refractivity contribution in [2.24, 2.45) is 5.73 Å². The number of carbonyl (C=O) groups excluding carboxylic acids is 1. The maximum Gasteiger partial charge on any atom is 0.220 e. The second-order valence-corrected chi connectivity index (χ2v) is 7.03. The number of amides is 1. The molecule has 0 bridgehead atoms. The van der Waals surface area contributed by atoms with Crippen LogP contribution in [0.25, 0.3) is 0 Å². The van der Waals surface area contributed by atoms with E-state index in [2.05, 4.69) is 21.7 Å². The minimum atomic E-state index is 0.0785. The molecule has 0 aliphatic carbocycles. The van der Waals surface area contributed by atoms with Crippen molar-refractivity contribution in [1.29, 1.82) is 0 Å². The number of piperidine rings is 1. The van der Waals surface area contributed by atoms with E-state index in [9.17, 15) is 4.79 Å². The van der Waals surface area contributed by atoms with Crippen LogP contribution in [0.3, 0.4) is 0 Å². The molecule has 5 nitrogen and oxygen atoms in total. The van der Waals surface area contributed by atoms with Gasteiger partial charge in [-0.1, -0.05) is 6.42 Å². The molecule has 1 aliphatic rings. The number of hydrogen-bond acceptors (Lipinski definition) is 5. The summed E-state index contributed by atoms with van der Waals surface area (Å²) in [5.74, 6) is 1.03. The summed E-state index contributed by atoms with van der Waals surface area (Å²) in [6, 6.07) is 2.15. The molecule has 23 heavy (non-hydrogen) atoms. The SMILES string of the molecule is NCCCC(=O)NCCCOc1csc(CN2CCCCC2)c1. The minimum Gasteiger partial charge on any atom is -0.493 e. The van der Waals surface area contributed by atoms with E-state index in [4.69, 9.17) is 10.5 Å². The van der Waals surface area contributed by atoms with Crippen LogP contribution >= 0.6 is 11.3 Å². The molecule has 0 spiro atoms. The van der Waals surface area contributed by atoms with Crippen LogP contribution in [0.4, 0.5) is 0 Å². The normalized spacial score (nSPS) is 15.5. The van der Waals surface area contributed by atoms with Gasteiger partial charge >= 0.3 is 0 Å². The molecule has 0 radical (unpaired) electrons. The third-order valence-corrected chi connectivity index (χ3v) is 4.88. The van der Waals surface area contributed by atoms with Crippen LogP contribution < -0.4 is 15.8 Å². The number of carbonyl (C=O) groups is 1. The van der Waals surface area contributed by atoms with Crippen LogP contribution in [-0.2, 0) is 11.3 Å². The maximum absolute atomic E-state index is 11.4. The summed E-state index contributed by atoms with van der Waals surface area (Å²) in [6.07, 6.45) is 6.11. The van der Waals surface area contributed by atoms with E-state index in [-0.39, 0.29) is 5.91 Å². The number of likely N-dealkylation sites (tertiary alicyclic amines) is 1. The van der Waals surface area contributed by atoms with Crippen LogP contribution in [0.15, 0.2) is 11.4 Å². The maximum atomic E-state index is 11.4. The number of nitrogens with zero attached hydrogens (tertiary/aromatic N) is 1. The summed E-state index contributed by atoms with van der Waals surface area (Å²) in [5, 5.41) is 4.97. The second kappa shape index (κ2) is 10.6. The lowest BCUT2D eigenvalue weighted by atomic mass is 10.1. The molecule has 0 atom stereocenters. The van der Waals surface area contributed by atoms with Gasteiger partial charge < -0.3 is 15.8 Å². The highest BCUT2D eigenvalue weighted by Crippen LogP contribution is 2.24. The molecule has 130 valence electrons. The first-order valence-corrected chi connectivity index (χ1v) is 9.55. The Labute approximate surface area is 143 Å². The van der Waals surface area contributed by atoms with Crippen molar-refractivity contribution in [2.45, 2.75) is 45.1 Å². The van der Waals surface area contributed by atoms with Gasteiger partial charge in [-0.3, -0.25) is 9.69 Å². The van der Waals surface area contributed by atoms with Gasteiger partial charge in [0.15, 0.2) is 0 Å². The summed E-state index contributed by atoms with van der Waals surface area (Å²) in [7, 11) is 0. The van der Waals surface area contributed by atoms with Crippen LogP contribution in [0.2, 0.25) is 0 Å². The molecule has 1 aromatic heterocycles.